The van der Waals surface area contributed by atoms with Crippen molar-refractivity contribution in [2.45, 2.75) is 76.5 Å². The number of sulfonamides is 1. The van der Waals surface area contributed by atoms with E-state index in [4.69, 9.17) is 4.43 Å². The molecular weight excluding hydrogens is 402 g/mol. The van der Waals surface area contributed by atoms with Crippen LogP contribution in [0.1, 0.15) is 46.1 Å². The number of aliphatic hydroxyl groups is 1. The first kappa shape index (κ1) is 26.0. The Morgan fingerprint density at radius 2 is 1.79 bits per heavy atom. The Hall–Kier alpha value is -0.993. The van der Waals surface area contributed by atoms with Crippen molar-refractivity contribution < 1.29 is 18.0 Å². The molecule has 166 valence electrons. The van der Waals surface area contributed by atoms with Gasteiger partial charge in [-0.3, -0.25) is 0 Å². The molecule has 1 aromatic rings. The molecule has 1 aromatic carbocycles. The summed E-state index contributed by atoms with van der Waals surface area (Å²) in [5.74, 6) is -0.0177. The number of hydrogen-bond acceptors (Lipinski definition) is 4. The zero-order valence-electron chi connectivity index (χ0n) is 19.1. The highest BCUT2D eigenvalue weighted by atomic mass is 32.2. The minimum Gasteiger partial charge on any atom is -0.416 e. The molecule has 0 heterocycles. The van der Waals surface area contributed by atoms with Crippen molar-refractivity contribution >= 4 is 18.3 Å². The van der Waals surface area contributed by atoms with Crippen LogP contribution in [0.2, 0.25) is 18.1 Å². The molecule has 0 aromatic heterocycles. The second kappa shape index (κ2) is 10.4. The van der Waals surface area contributed by atoms with Gasteiger partial charge in [0.05, 0.1) is 11.5 Å². The fourth-order valence-corrected chi connectivity index (χ4v) is 5.05. The van der Waals surface area contributed by atoms with Gasteiger partial charge in [-0.05, 0) is 55.9 Å². The lowest BCUT2D eigenvalue weighted by molar-refractivity contribution is 0.208. The van der Waals surface area contributed by atoms with Gasteiger partial charge in [-0.25, -0.2) is 13.1 Å². The molecule has 0 saturated heterocycles. The minimum absolute atomic E-state index is 0.0177. The van der Waals surface area contributed by atoms with E-state index in [9.17, 15) is 13.5 Å². The average molecular weight is 442 g/mol. The zero-order chi connectivity index (χ0) is 22.5. The van der Waals surface area contributed by atoms with Crippen molar-refractivity contribution in [3.63, 3.8) is 0 Å². The minimum atomic E-state index is -3.64. The van der Waals surface area contributed by atoms with Crippen molar-refractivity contribution in [3.05, 3.63) is 42.0 Å². The van der Waals surface area contributed by atoms with Crippen molar-refractivity contribution in [1.29, 1.82) is 0 Å². The molecule has 7 heteroatoms. The normalized spacial score (nSPS) is 15.2. The fraction of sp³-hybridized carbons (Fsp3) is 0.636. The summed E-state index contributed by atoms with van der Waals surface area (Å²) in [6, 6.07) is 6.52. The summed E-state index contributed by atoms with van der Waals surface area (Å²) in [5, 5.41) is 9.36. The van der Waals surface area contributed by atoms with Crippen LogP contribution in [-0.4, -0.2) is 41.1 Å². The zero-order valence-corrected chi connectivity index (χ0v) is 20.9. The SMILES string of the molecule is C=C(CO)CC[C@H](NS(=O)(=O)c1ccc(C)cc1)[C@H](C)CO[Si](C)(C)C(C)(C)C. The molecule has 5 nitrogen and oxygen atoms in total. The first-order chi connectivity index (χ1) is 13.2. The summed E-state index contributed by atoms with van der Waals surface area (Å²) in [5.41, 5.74) is 1.71. The molecule has 0 amide bonds. The maximum atomic E-state index is 12.9. The van der Waals surface area contributed by atoms with Crippen LogP contribution in [0.25, 0.3) is 0 Å². The van der Waals surface area contributed by atoms with E-state index in [1.54, 1.807) is 24.3 Å². The maximum Gasteiger partial charge on any atom is 0.240 e. The standard InChI is InChI=1S/C22H39NO4SSi/c1-17-9-12-20(13-10-17)28(25,26)23-21(14-11-18(2)15-24)19(3)16-27-29(7,8)22(4,5)6/h9-10,12-13,19,21,23-24H,2,11,14-16H2,1,3-8H3/t19-,21+/m1/s1. The Kier molecular flexibility index (Phi) is 9.30. The van der Waals surface area contributed by atoms with Crippen molar-refractivity contribution in [1.82, 2.24) is 4.72 Å². The molecule has 2 N–H and O–H groups in total. The van der Waals surface area contributed by atoms with Crippen LogP contribution in [0.15, 0.2) is 41.3 Å². The predicted octanol–water partition coefficient (Wildman–Crippen LogP) is 4.63. The molecule has 2 atom stereocenters. The van der Waals surface area contributed by atoms with Crippen molar-refractivity contribution in [3.8, 4) is 0 Å². The summed E-state index contributed by atoms with van der Waals surface area (Å²) in [6.45, 7) is 19.1. The lowest BCUT2D eigenvalue weighted by Gasteiger charge is -2.38. The largest absolute Gasteiger partial charge is 0.416 e. The third-order valence-corrected chi connectivity index (χ3v) is 11.9. The lowest BCUT2D eigenvalue weighted by atomic mass is 9.97. The van der Waals surface area contributed by atoms with Crippen LogP contribution in [0, 0.1) is 12.8 Å². The van der Waals surface area contributed by atoms with Gasteiger partial charge in [0.25, 0.3) is 0 Å². The van der Waals surface area contributed by atoms with Crippen LogP contribution in [0.4, 0.5) is 0 Å². The van der Waals surface area contributed by atoms with E-state index in [-0.39, 0.29) is 28.5 Å². The van der Waals surface area contributed by atoms with Gasteiger partial charge in [0.1, 0.15) is 0 Å². The summed E-state index contributed by atoms with van der Waals surface area (Å²) in [7, 11) is -5.57. The number of hydrogen-bond donors (Lipinski definition) is 2. The highest BCUT2D eigenvalue weighted by Crippen LogP contribution is 2.37. The van der Waals surface area contributed by atoms with Gasteiger partial charge in [-0.1, -0.05) is 57.5 Å². The van der Waals surface area contributed by atoms with Crippen LogP contribution >= 0.6 is 0 Å². The second-order valence-corrected chi connectivity index (χ2v) is 16.1. The summed E-state index contributed by atoms with van der Waals surface area (Å²) < 4.78 is 35.0. The molecule has 1 rings (SSSR count). The molecule has 0 aliphatic heterocycles. The van der Waals surface area contributed by atoms with Crippen LogP contribution in [-0.2, 0) is 14.4 Å². The van der Waals surface area contributed by atoms with Crippen LogP contribution in [0.3, 0.4) is 0 Å². The van der Waals surface area contributed by atoms with E-state index in [2.05, 4.69) is 45.2 Å². The molecule has 0 aliphatic rings. The molecule has 0 spiro atoms. The number of nitrogens with one attached hydrogen (secondary N) is 1. The third-order valence-electron chi connectivity index (χ3n) is 5.87. The summed E-state index contributed by atoms with van der Waals surface area (Å²) >= 11 is 0. The van der Waals surface area contributed by atoms with Crippen LogP contribution in [0.5, 0.6) is 0 Å². The van der Waals surface area contributed by atoms with Gasteiger partial charge in [0, 0.05) is 12.6 Å². The Morgan fingerprint density at radius 3 is 2.28 bits per heavy atom. The quantitative estimate of drug-likeness (QED) is 0.388. The fourth-order valence-electron chi connectivity index (χ4n) is 2.56. The Labute approximate surface area is 178 Å². The average Bonchev–Trinajstić information content (AvgIpc) is 2.62. The summed E-state index contributed by atoms with van der Waals surface area (Å²) in [4.78, 5) is 0.256. The molecule has 0 bridgehead atoms. The van der Waals surface area contributed by atoms with E-state index >= 15 is 0 Å². The van der Waals surface area contributed by atoms with Gasteiger partial charge >= 0.3 is 0 Å². The molecule has 0 unspecified atom stereocenters. The topological polar surface area (TPSA) is 75.6 Å². The Bertz CT molecular complexity index is 767. The van der Waals surface area contributed by atoms with E-state index in [1.807, 2.05) is 13.8 Å². The number of rotatable bonds is 11. The van der Waals surface area contributed by atoms with Gasteiger partial charge in [-0.15, -0.1) is 0 Å². The molecule has 0 radical (unpaired) electrons. The van der Waals surface area contributed by atoms with E-state index in [0.717, 1.165) is 5.56 Å². The predicted molar refractivity (Wildman–Crippen MR) is 123 cm³/mol. The van der Waals surface area contributed by atoms with E-state index < -0.39 is 18.3 Å². The second-order valence-electron chi connectivity index (χ2n) is 9.54. The van der Waals surface area contributed by atoms with E-state index in [0.29, 0.717) is 25.0 Å². The molecule has 0 fully saturated rings. The van der Waals surface area contributed by atoms with Crippen LogP contribution < -0.4 is 4.72 Å². The summed E-state index contributed by atoms with van der Waals surface area (Å²) in [6.07, 6.45) is 1.12. The molecule has 0 saturated carbocycles. The Morgan fingerprint density at radius 1 is 1.24 bits per heavy atom. The van der Waals surface area contributed by atoms with Crippen molar-refractivity contribution in [2.75, 3.05) is 13.2 Å². The number of aryl methyl sites for hydroxylation is 1. The lowest BCUT2D eigenvalue weighted by Crippen LogP contribution is -2.45. The third kappa shape index (κ3) is 7.98. The van der Waals surface area contributed by atoms with Crippen molar-refractivity contribution in [2.24, 2.45) is 5.92 Å². The number of benzene rings is 1. The highest BCUT2D eigenvalue weighted by molar-refractivity contribution is 7.89. The smallest absolute Gasteiger partial charge is 0.240 e. The van der Waals surface area contributed by atoms with E-state index in [1.165, 1.54) is 0 Å². The first-order valence-electron chi connectivity index (χ1n) is 10.2. The Balaban J connectivity index is 2.97. The van der Waals surface area contributed by atoms with Gasteiger partial charge in [0.2, 0.25) is 10.0 Å². The maximum absolute atomic E-state index is 12.9. The number of aliphatic hydroxyl groups excluding tert-OH is 1. The molecule has 29 heavy (non-hydrogen) atoms. The monoisotopic (exact) mass is 441 g/mol. The van der Waals surface area contributed by atoms with Gasteiger partial charge in [0.15, 0.2) is 8.32 Å². The van der Waals surface area contributed by atoms with Gasteiger partial charge < -0.3 is 9.53 Å². The first-order valence-corrected chi connectivity index (χ1v) is 14.6. The van der Waals surface area contributed by atoms with Gasteiger partial charge in [-0.2, -0.15) is 0 Å². The molecule has 0 aliphatic carbocycles. The highest BCUT2D eigenvalue weighted by Gasteiger charge is 2.38. The molecular formula is C22H39NO4SSi.